The van der Waals surface area contributed by atoms with Crippen LogP contribution in [-0.4, -0.2) is 82.2 Å². The molecule has 0 atom stereocenters. The van der Waals surface area contributed by atoms with Crippen molar-refractivity contribution in [3.8, 4) is 0 Å². The zero-order chi connectivity index (χ0) is 17.1. The van der Waals surface area contributed by atoms with Crippen molar-refractivity contribution in [2.75, 3.05) is 39.8 Å². The monoisotopic (exact) mass is 324 g/mol. The average Bonchev–Trinajstić information content (AvgIpc) is 2.58. The smallest absolute Gasteiger partial charge is 0.290 e. The topological polar surface area (TPSA) is 107 Å². The van der Waals surface area contributed by atoms with Gasteiger partial charge in [0, 0.05) is 32.5 Å². The van der Waals surface area contributed by atoms with Crippen LogP contribution in [0.25, 0.3) is 0 Å². The summed E-state index contributed by atoms with van der Waals surface area (Å²) in [4.78, 5) is 32.3. The number of aromatic nitrogens is 2. The number of nitrogens with zero attached hydrogens (tertiary/aromatic N) is 4. The molecule has 0 bridgehead atoms. The van der Waals surface area contributed by atoms with Crippen LogP contribution >= 0.6 is 0 Å². The summed E-state index contributed by atoms with van der Waals surface area (Å²) in [6, 6.07) is 0. The molecule has 1 aliphatic rings. The SMILES string of the molecule is CN(CC1CCN(CCO)CC1)C(=O)c1cncnc1.O=CO. The minimum atomic E-state index is -0.250. The van der Waals surface area contributed by atoms with Gasteiger partial charge in [-0.2, -0.15) is 0 Å². The van der Waals surface area contributed by atoms with Crippen LogP contribution in [0, 0.1) is 5.92 Å². The normalized spacial score (nSPS) is 15.4. The van der Waals surface area contributed by atoms with Gasteiger partial charge in [0.25, 0.3) is 12.4 Å². The molecule has 0 aliphatic carbocycles. The Labute approximate surface area is 135 Å². The van der Waals surface area contributed by atoms with Crippen LogP contribution < -0.4 is 0 Å². The van der Waals surface area contributed by atoms with Gasteiger partial charge in [0.15, 0.2) is 0 Å². The zero-order valence-corrected chi connectivity index (χ0v) is 13.3. The highest BCUT2D eigenvalue weighted by Gasteiger charge is 2.22. The number of hydrogen-bond acceptors (Lipinski definition) is 6. The number of aliphatic hydroxyl groups excluding tert-OH is 1. The fourth-order valence-corrected chi connectivity index (χ4v) is 2.63. The largest absolute Gasteiger partial charge is 0.483 e. The van der Waals surface area contributed by atoms with Gasteiger partial charge in [-0.3, -0.25) is 9.59 Å². The molecule has 8 heteroatoms. The van der Waals surface area contributed by atoms with Crippen LogP contribution in [0.5, 0.6) is 0 Å². The second kappa shape index (κ2) is 10.6. The summed E-state index contributed by atoms with van der Waals surface area (Å²) in [5.41, 5.74) is 0.535. The first-order valence-corrected chi connectivity index (χ1v) is 7.53. The van der Waals surface area contributed by atoms with Gasteiger partial charge in [-0.1, -0.05) is 0 Å². The Morgan fingerprint density at radius 3 is 2.48 bits per heavy atom. The molecule has 2 heterocycles. The first kappa shape index (κ1) is 19.0. The summed E-state index contributed by atoms with van der Waals surface area (Å²) in [7, 11) is 1.83. The molecule has 128 valence electrons. The molecule has 23 heavy (non-hydrogen) atoms. The van der Waals surface area contributed by atoms with Gasteiger partial charge in [0.2, 0.25) is 0 Å². The molecule has 0 saturated carbocycles. The van der Waals surface area contributed by atoms with Gasteiger partial charge in [-0.25, -0.2) is 9.97 Å². The van der Waals surface area contributed by atoms with Crippen molar-refractivity contribution in [2.45, 2.75) is 12.8 Å². The standard InChI is InChI=1S/C14H22N4O2.CH2O2/c1-17(14(20)13-8-15-11-16-9-13)10-12-2-4-18(5-3-12)6-7-19;2-1-3/h8-9,11-12,19H,2-7,10H2,1H3;1H,(H,2,3). The lowest BCUT2D eigenvalue weighted by atomic mass is 9.96. The third-order valence-electron chi connectivity index (χ3n) is 3.81. The first-order valence-electron chi connectivity index (χ1n) is 7.53. The number of β-amino-alcohol motifs (C(OH)–C–C–N with tert-alkyl or cyclic N) is 1. The Balaban J connectivity index is 0.000000816. The molecule has 0 spiro atoms. The van der Waals surface area contributed by atoms with Crippen molar-refractivity contribution >= 4 is 12.4 Å². The van der Waals surface area contributed by atoms with Crippen molar-refractivity contribution in [3.63, 3.8) is 0 Å². The predicted molar refractivity (Wildman–Crippen MR) is 83.9 cm³/mol. The van der Waals surface area contributed by atoms with Crippen LogP contribution in [0.2, 0.25) is 0 Å². The van der Waals surface area contributed by atoms with Gasteiger partial charge in [0.05, 0.1) is 12.2 Å². The quantitative estimate of drug-likeness (QED) is 0.731. The van der Waals surface area contributed by atoms with E-state index in [2.05, 4.69) is 14.9 Å². The van der Waals surface area contributed by atoms with E-state index < -0.39 is 0 Å². The fourth-order valence-electron chi connectivity index (χ4n) is 2.63. The lowest BCUT2D eigenvalue weighted by molar-refractivity contribution is -0.122. The van der Waals surface area contributed by atoms with E-state index in [0.717, 1.165) is 39.0 Å². The number of likely N-dealkylation sites (tertiary alicyclic amines) is 1. The third kappa shape index (κ3) is 6.70. The predicted octanol–water partition coefficient (Wildman–Crippen LogP) is -0.0463. The molecule has 0 unspecified atom stereocenters. The van der Waals surface area contributed by atoms with Crippen LogP contribution in [-0.2, 0) is 4.79 Å². The van der Waals surface area contributed by atoms with E-state index in [9.17, 15) is 4.79 Å². The van der Waals surface area contributed by atoms with Gasteiger partial charge in [0.1, 0.15) is 6.33 Å². The zero-order valence-electron chi connectivity index (χ0n) is 13.3. The summed E-state index contributed by atoms with van der Waals surface area (Å²) >= 11 is 0. The second-order valence-corrected chi connectivity index (χ2v) is 5.43. The number of rotatable bonds is 5. The van der Waals surface area contributed by atoms with Gasteiger partial charge in [-0.15, -0.1) is 0 Å². The maximum absolute atomic E-state index is 12.2. The Morgan fingerprint density at radius 1 is 1.39 bits per heavy atom. The van der Waals surface area contributed by atoms with Crippen molar-refractivity contribution in [3.05, 3.63) is 24.3 Å². The Hall–Kier alpha value is -2.06. The second-order valence-electron chi connectivity index (χ2n) is 5.43. The highest BCUT2D eigenvalue weighted by Crippen LogP contribution is 2.18. The molecule has 1 saturated heterocycles. The molecule has 0 radical (unpaired) electrons. The van der Waals surface area contributed by atoms with Gasteiger partial charge in [-0.05, 0) is 31.8 Å². The summed E-state index contributed by atoms with van der Waals surface area (Å²) in [5.74, 6) is 0.506. The van der Waals surface area contributed by atoms with Crippen molar-refractivity contribution < 1.29 is 19.8 Å². The number of carbonyl (C=O) groups excluding carboxylic acids is 1. The molecule has 1 aromatic heterocycles. The van der Waals surface area contributed by atoms with Crippen molar-refractivity contribution in [1.29, 1.82) is 0 Å². The summed E-state index contributed by atoms with van der Waals surface area (Å²) < 4.78 is 0. The van der Waals surface area contributed by atoms with Crippen molar-refractivity contribution in [2.24, 2.45) is 5.92 Å². The van der Waals surface area contributed by atoms with Crippen LogP contribution in [0.15, 0.2) is 18.7 Å². The third-order valence-corrected chi connectivity index (χ3v) is 3.81. The van der Waals surface area contributed by atoms with E-state index in [1.54, 1.807) is 17.3 Å². The first-order chi connectivity index (χ1) is 11.1. The lowest BCUT2D eigenvalue weighted by Crippen LogP contribution is -2.40. The van der Waals surface area contributed by atoms with Crippen LogP contribution in [0.3, 0.4) is 0 Å². The van der Waals surface area contributed by atoms with E-state index in [0.29, 0.717) is 11.5 Å². The number of carbonyl (C=O) groups is 2. The number of hydrogen-bond donors (Lipinski definition) is 2. The van der Waals surface area contributed by atoms with E-state index in [4.69, 9.17) is 15.0 Å². The Morgan fingerprint density at radius 2 is 1.96 bits per heavy atom. The highest BCUT2D eigenvalue weighted by molar-refractivity contribution is 5.93. The Bertz CT molecular complexity index is 464. The molecule has 1 aromatic rings. The minimum Gasteiger partial charge on any atom is -0.483 e. The molecule has 1 aliphatic heterocycles. The molecular weight excluding hydrogens is 300 g/mol. The lowest BCUT2D eigenvalue weighted by Gasteiger charge is -2.33. The molecule has 8 nitrogen and oxygen atoms in total. The van der Waals surface area contributed by atoms with E-state index in [-0.39, 0.29) is 19.0 Å². The number of amides is 1. The molecule has 1 fully saturated rings. The fraction of sp³-hybridized carbons (Fsp3) is 0.600. The molecular formula is C15H24N4O4. The maximum atomic E-state index is 12.2. The molecule has 2 rings (SSSR count). The number of carboxylic acid groups (broad SMARTS) is 1. The molecule has 2 N–H and O–H groups in total. The van der Waals surface area contributed by atoms with E-state index in [1.165, 1.54) is 6.33 Å². The summed E-state index contributed by atoms with van der Waals surface area (Å²) in [6.45, 7) is 3.49. The average molecular weight is 324 g/mol. The molecule has 1 amide bonds. The van der Waals surface area contributed by atoms with Gasteiger partial charge < -0.3 is 20.0 Å². The van der Waals surface area contributed by atoms with Crippen LogP contribution in [0.1, 0.15) is 23.2 Å². The number of aliphatic hydroxyl groups is 1. The highest BCUT2D eigenvalue weighted by atomic mass is 16.3. The summed E-state index contributed by atoms with van der Waals surface area (Å²) in [5, 5.41) is 15.8. The van der Waals surface area contributed by atoms with Crippen LogP contribution in [0.4, 0.5) is 0 Å². The van der Waals surface area contributed by atoms with E-state index >= 15 is 0 Å². The molecule has 0 aromatic carbocycles. The van der Waals surface area contributed by atoms with E-state index in [1.807, 2.05) is 7.05 Å². The minimum absolute atomic E-state index is 0.0246. The van der Waals surface area contributed by atoms with Crippen molar-refractivity contribution in [1.82, 2.24) is 19.8 Å². The van der Waals surface area contributed by atoms with Gasteiger partial charge >= 0.3 is 0 Å². The maximum Gasteiger partial charge on any atom is 0.290 e. The summed E-state index contributed by atoms with van der Waals surface area (Å²) in [6.07, 6.45) is 6.67. The Kier molecular flexibility index (Phi) is 8.78. The number of piperidine rings is 1.